The third kappa shape index (κ3) is 409. The molecule has 0 atom stereocenters. The number of rotatable bonds is 2. The molecule has 0 aromatic rings. The van der Waals surface area contributed by atoms with Crippen LogP contribution in [0.25, 0.3) is 0 Å². The van der Waals surface area contributed by atoms with Crippen LogP contribution in [0.1, 0.15) is 6.42 Å². The van der Waals surface area contributed by atoms with E-state index in [4.69, 9.17) is 20.0 Å². The normalized spacial score (nSPS) is 10.7. The van der Waals surface area contributed by atoms with Crippen molar-refractivity contribution in [3.05, 3.63) is 0 Å². The van der Waals surface area contributed by atoms with E-state index in [0.717, 1.165) is 0 Å². The Labute approximate surface area is 90.9 Å². The molecular formula is C7H22O6P2. The first-order valence-corrected chi connectivity index (χ1v) is 9.29. The summed E-state index contributed by atoms with van der Waals surface area (Å²) in [5.41, 5.74) is 0. The lowest BCUT2D eigenvalue weighted by molar-refractivity contribution is 0.221. The predicted octanol–water partition coefficient (Wildman–Crippen LogP) is 0.394. The van der Waals surface area contributed by atoms with Crippen molar-refractivity contribution in [3.63, 3.8) is 0 Å². The summed E-state index contributed by atoms with van der Waals surface area (Å²) in [6.07, 6.45) is 0.500. The summed E-state index contributed by atoms with van der Waals surface area (Å²) in [7, 11) is -5.28. The molecule has 0 saturated heterocycles. The van der Waals surface area contributed by atoms with Crippen LogP contribution in [-0.4, -0.2) is 59.9 Å². The fourth-order valence-electron chi connectivity index (χ4n) is 0.0707. The molecule has 0 aliphatic carbocycles. The third-order valence-electron chi connectivity index (χ3n) is 0.316. The van der Waals surface area contributed by atoms with E-state index >= 15 is 0 Å². The Morgan fingerprint density at radius 3 is 0.933 bits per heavy atom. The van der Waals surface area contributed by atoms with Crippen LogP contribution in [0.3, 0.4) is 0 Å². The van der Waals surface area contributed by atoms with Crippen molar-refractivity contribution in [3.8, 4) is 0 Å². The fourth-order valence-corrected chi connectivity index (χ4v) is 0.0707. The van der Waals surface area contributed by atoms with Crippen LogP contribution in [0.5, 0.6) is 0 Å². The highest BCUT2D eigenvalue weighted by Gasteiger charge is 1.92. The molecule has 0 saturated carbocycles. The maximum Gasteiger partial charge on any atom is 0.194 e. The summed E-state index contributed by atoms with van der Waals surface area (Å²) in [6.45, 7) is 5.38. The Bertz CT molecular complexity index is 167. The van der Waals surface area contributed by atoms with E-state index in [-0.39, 0.29) is 13.2 Å². The van der Waals surface area contributed by atoms with Crippen molar-refractivity contribution in [1.29, 1.82) is 0 Å². The summed E-state index contributed by atoms with van der Waals surface area (Å²) in [4.78, 5) is 16.2. The summed E-state index contributed by atoms with van der Waals surface area (Å²) >= 11 is 0. The highest BCUT2D eigenvalue weighted by atomic mass is 31.2. The van der Waals surface area contributed by atoms with Crippen molar-refractivity contribution >= 4 is 14.7 Å². The van der Waals surface area contributed by atoms with Crippen molar-refractivity contribution in [2.45, 2.75) is 6.42 Å². The van der Waals surface area contributed by atoms with E-state index in [1.165, 1.54) is 26.7 Å². The van der Waals surface area contributed by atoms with Crippen molar-refractivity contribution in [1.82, 2.24) is 0 Å². The Hall–Kier alpha value is 0.300. The molecule has 6 nitrogen and oxygen atoms in total. The largest absolute Gasteiger partial charge is 0.396 e. The van der Waals surface area contributed by atoms with Crippen LogP contribution in [0, 0.1) is 0 Å². The quantitative estimate of drug-likeness (QED) is 0.536. The van der Waals surface area contributed by atoms with Gasteiger partial charge in [-0.15, -0.1) is 0 Å². The van der Waals surface area contributed by atoms with Gasteiger partial charge < -0.3 is 20.0 Å². The minimum Gasteiger partial charge on any atom is -0.396 e. The molecule has 8 heteroatoms. The molecule has 0 spiro atoms. The van der Waals surface area contributed by atoms with Gasteiger partial charge >= 0.3 is 0 Å². The van der Waals surface area contributed by atoms with Gasteiger partial charge in [0.25, 0.3) is 0 Å². The number of hydrogen-bond acceptors (Lipinski definition) is 4. The Morgan fingerprint density at radius 1 is 0.800 bits per heavy atom. The Kier molecular flexibility index (Phi) is 14.9. The SMILES string of the molecule is CP(C)(=O)O.CP(C)(=O)O.OCCCO. The van der Waals surface area contributed by atoms with E-state index in [2.05, 4.69) is 0 Å². The molecule has 0 fully saturated rings. The molecular weight excluding hydrogens is 242 g/mol. The topological polar surface area (TPSA) is 115 Å². The van der Waals surface area contributed by atoms with Gasteiger partial charge in [0.15, 0.2) is 14.7 Å². The van der Waals surface area contributed by atoms with Crippen LogP contribution in [-0.2, 0) is 9.13 Å². The summed E-state index contributed by atoms with van der Waals surface area (Å²) in [5, 5.41) is 15.8. The highest BCUT2D eigenvalue weighted by molar-refractivity contribution is 7.56. The Morgan fingerprint density at radius 2 is 0.933 bits per heavy atom. The van der Waals surface area contributed by atoms with E-state index in [9.17, 15) is 9.13 Å². The molecule has 4 N–H and O–H groups in total. The summed E-state index contributed by atoms with van der Waals surface area (Å²) in [6, 6.07) is 0. The van der Waals surface area contributed by atoms with Gasteiger partial charge in [-0.05, 0) is 6.42 Å². The maximum atomic E-state index is 9.77. The zero-order valence-electron chi connectivity index (χ0n) is 9.62. The minimum absolute atomic E-state index is 0.0938. The highest BCUT2D eigenvalue weighted by Crippen LogP contribution is 2.27. The van der Waals surface area contributed by atoms with Crippen LogP contribution in [0.4, 0.5) is 0 Å². The minimum atomic E-state index is -2.64. The van der Waals surface area contributed by atoms with Gasteiger partial charge in [0, 0.05) is 39.9 Å². The molecule has 0 radical (unpaired) electrons. The monoisotopic (exact) mass is 264 g/mol. The van der Waals surface area contributed by atoms with Gasteiger partial charge in [-0.1, -0.05) is 0 Å². The lowest BCUT2D eigenvalue weighted by Gasteiger charge is -1.86. The molecule has 96 valence electrons. The fraction of sp³-hybridized carbons (Fsp3) is 1.00. The van der Waals surface area contributed by atoms with Crippen LogP contribution in [0.15, 0.2) is 0 Å². The zero-order chi connectivity index (χ0) is 13.1. The first-order valence-electron chi connectivity index (χ1n) is 4.19. The molecule has 15 heavy (non-hydrogen) atoms. The number of aliphatic hydroxyl groups excluding tert-OH is 2. The molecule has 0 bridgehead atoms. The molecule has 0 aliphatic heterocycles. The molecule has 0 rings (SSSR count). The van der Waals surface area contributed by atoms with Gasteiger partial charge in [0.1, 0.15) is 0 Å². The molecule has 0 heterocycles. The van der Waals surface area contributed by atoms with Gasteiger partial charge in [-0.3, -0.25) is 9.13 Å². The van der Waals surface area contributed by atoms with Crippen molar-refractivity contribution in [2.24, 2.45) is 0 Å². The lowest BCUT2D eigenvalue weighted by Crippen LogP contribution is -1.85. The van der Waals surface area contributed by atoms with E-state index < -0.39 is 14.7 Å². The molecule has 0 aliphatic rings. The smallest absolute Gasteiger partial charge is 0.194 e. The van der Waals surface area contributed by atoms with Gasteiger partial charge in [0.05, 0.1) is 0 Å². The predicted molar refractivity (Wildman–Crippen MR) is 62.1 cm³/mol. The summed E-state index contributed by atoms with van der Waals surface area (Å²) < 4.78 is 19.5. The van der Waals surface area contributed by atoms with E-state index in [1.54, 1.807) is 0 Å². The first-order chi connectivity index (χ1) is 6.41. The molecule has 0 unspecified atom stereocenters. The number of hydrogen-bond donors (Lipinski definition) is 4. The average molecular weight is 264 g/mol. The second-order valence-electron chi connectivity index (χ2n) is 3.39. The van der Waals surface area contributed by atoms with Gasteiger partial charge in [-0.2, -0.15) is 0 Å². The zero-order valence-corrected chi connectivity index (χ0v) is 11.4. The van der Waals surface area contributed by atoms with E-state index in [0.29, 0.717) is 6.42 Å². The maximum absolute atomic E-state index is 9.77. The van der Waals surface area contributed by atoms with Crippen LogP contribution >= 0.6 is 14.7 Å². The van der Waals surface area contributed by atoms with E-state index in [1.807, 2.05) is 0 Å². The second-order valence-corrected chi connectivity index (χ2v) is 8.56. The molecule has 0 aromatic carbocycles. The summed E-state index contributed by atoms with van der Waals surface area (Å²) in [5.74, 6) is 0. The second kappa shape index (κ2) is 10.8. The first kappa shape index (κ1) is 20.7. The lowest BCUT2D eigenvalue weighted by atomic mass is 10.5. The van der Waals surface area contributed by atoms with Crippen LogP contribution < -0.4 is 0 Å². The third-order valence-corrected chi connectivity index (χ3v) is 0.316. The van der Waals surface area contributed by atoms with Crippen molar-refractivity contribution < 1.29 is 29.1 Å². The van der Waals surface area contributed by atoms with Gasteiger partial charge in [-0.25, -0.2) is 0 Å². The average Bonchev–Trinajstić information content (AvgIpc) is 1.80. The van der Waals surface area contributed by atoms with Gasteiger partial charge in [0.2, 0.25) is 0 Å². The van der Waals surface area contributed by atoms with Crippen LogP contribution in [0.2, 0.25) is 0 Å². The van der Waals surface area contributed by atoms with Crippen molar-refractivity contribution in [2.75, 3.05) is 39.9 Å². The Balaban J connectivity index is -0.000000144. The number of aliphatic hydroxyl groups is 2. The standard InChI is InChI=1S/C3H8O2.2C2H7O2P/c4-2-1-3-5;2*1-5(2,3)4/h4-5H,1-3H2;2*1-2H3,(H,3,4). The molecule has 0 amide bonds. The molecule has 0 aromatic heterocycles.